The lowest BCUT2D eigenvalue weighted by Crippen LogP contribution is -2.76. The highest BCUT2D eigenvalue weighted by Gasteiger charge is 2.74. The number of hydrogen-bond acceptors (Lipinski definition) is 8. The fraction of sp³-hybridized carbons (Fsp3) is 0.667. The molecule has 4 rings (SSSR count). The van der Waals surface area contributed by atoms with Crippen molar-refractivity contribution >= 4 is 23.7 Å². The molecule has 0 N–H and O–H groups in total. The van der Waals surface area contributed by atoms with E-state index in [1.54, 1.807) is 0 Å². The molecule has 1 saturated carbocycles. The van der Waals surface area contributed by atoms with Gasteiger partial charge in [0.2, 0.25) is 0 Å². The van der Waals surface area contributed by atoms with Gasteiger partial charge in [0.25, 0.3) is 0 Å². The third-order valence-electron chi connectivity index (χ3n) is 8.34. The van der Waals surface area contributed by atoms with Crippen LogP contribution in [-0.2, 0) is 38.1 Å². The van der Waals surface area contributed by atoms with Gasteiger partial charge in [-0.15, -0.1) is 0 Å². The Hall–Kier alpha value is -2.48. The first kappa shape index (κ1) is 22.7. The molecular weight excluding hydrogens is 416 g/mol. The Kier molecular flexibility index (Phi) is 4.97. The normalized spacial score (nSPS) is 45.2. The van der Waals surface area contributed by atoms with Crippen LogP contribution in [0.2, 0.25) is 0 Å². The average Bonchev–Trinajstić information content (AvgIpc) is 3.05. The first-order valence-electron chi connectivity index (χ1n) is 10.9. The van der Waals surface area contributed by atoms with Gasteiger partial charge in [0.05, 0.1) is 6.42 Å². The van der Waals surface area contributed by atoms with Crippen molar-refractivity contribution in [1.82, 2.24) is 0 Å². The molecule has 0 radical (unpaired) electrons. The maximum atomic E-state index is 12.7. The van der Waals surface area contributed by atoms with Crippen molar-refractivity contribution < 1.29 is 38.1 Å². The molecule has 2 heterocycles. The Morgan fingerprint density at radius 2 is 1.69 bits per heavy atom. The monoisotopic (exact) mass is 446 g/mol. The van der Waals surface area contributed by atoms with Crippen molar-refractivity contribution in [3.8, 4) is 0 Å². The molecule has 0 aromatic heterocycles. The molecule has 8 heteroatoms. The molecule has 0 aromatic carbocycles. The van der Waals surface area contributed by atoms with E-state index in [0.29, 0.717) is 18.4 Å². The maximum absolute atomic E-state index is 12.7. The van der Waals surface area contributed by atoms with E-state index in [2.05, 4.69) is 6.58 Å². The van der Waals surface area contributed by atoms with Gasteiger partial charge in [-0.25, -0.2) is 0 Å². The van der Waals surface area contributed by atoms with E-state index in [4.69, 9.17) is 18.9 Å². The van der Waals surface area contributed by atoms with Crippen molar-refractivity contribution in [3.63, 3.8) is 0 Å². The number of hydrogen-bond donors (Lipinski definition) is 0. The molecule has 0 unspecified atom stereocenters. The molecule has 8 nitrogen and oxygen atoms in total. The van der Waals surface area contributed by atoms with Crippen molar-refractivity contribution in [2.24, 2.45) is 16.7 Å². The molecule has 0 amide bonds. The van der Waals surface area contributed by atoms with E-state index in [-0.39, 0.29) is 30.7 Å². The number of carbonyl (C=O) groups is 4. The molecule has 0 bridgehead atoms. The zero-order valence-electron chi connectivity index (χ0n) is 19.2. The maximum Gasteiger partial charge on any atom is 0.308 e. The topological polar surface area (TPSA) is 105 Å². The van der Waals surface area contributed by atoms with Crippen LogP contribution in [0, 0.1) is 16.7 Å². The lowest BCUT2D eigenvalue weighted by molar-refractivity contribution is -0.334. The Morgan fingerprint density at radius 1 is 1.06 bits per heavy atom. The van der Waals surface area contributed by atoms with Crippen molar-refractivity contribution in [3.05, 3.63) is 24.3 Å². The summed E-state index contributed by atoms with van der Waals surface area (Å²) in [5.41, 5.74) is -3.32. The number of fused-ring (bicyclic) bond motifs is 3. The van der Waals surface area contributed by atoms with Crippen LogP contribution in [0.5, 0.6) is 0 Å². The van der Waals surface area contributed by atoms with Gasteiger partial charge in [0, 0.05) is 30.3 Å². The van der Waals surface area contributed by atoms with Crippen LogP contribution in [-0.4, -0.2) is 53.7 Å². The van der Waals surface area contributed by atoms with Crippen LogP contribution in [0.1, 0.15) is 53.9 Å². The second-order valence-corrected chi connectivity index (χ2v) is 10.2. The zero-order valence-corrected chi connectivity index (χ0v) is 19.2. The number of ether oxygens (including phenoxy) is 4. The van der Waals surface area contributed by atoms with Crippen LogP contribution in [0.15, 0.2) is 24.3 Å². The number of cyclic esters (lactones) is 1. The van der Waals surface area contributed by atoms with Gasteiger partial charge in [0.1, 0.15) is 17.8 Å². The molecule has 2 aliphatic carbocycles. The first-order chi connectivity index (χ1) is 14.8. The van der Waals surface area contributed by atoms with Crippen LogP contribution in [0.25, 0.3) is 0 Å². The summed E-state index contributed by atoms with van der Waals surface area (Å²) in [6, 6.07) is 0. The summed E-state index contributed by atoms with van der Waals surface area (Å²) >= 11 is 0. The minimum Gasteiger partial charge on any atom is -0.463 e. The number of esters is 3. The summed E-state index contributed by atoms with van der Waals surface area (Å²) in [6.45, 7) is 12.4. The Labute approximate surface area is 187 Å². The lowest BCUT2D eigenvalue weighted by atomic mass is 9.43. The Bertz CT molecular complexity index is 952. The summed E-state index contributed by atoms with van der Waals surface area (Å²) in [5, 5.41) is 0. The second-order valence-electron chi connectivity index (χ2n) is 10.2. The average molecular weight is 446 g/mol. The van der Waals surface area contributed by atoms with Crippen LogP contribution in [0.3, 0.4) is 0 Å². The highest BCUT2D eigenvalue weighted by atomic mass is 16.6. The highest BCUT2D eigenvalue weighted by Crippen LogP contribution is 2.67. The van der Waals surface area contributed by atoms with Gasteiger partial charge in [-0.05, 0) is 31.8 Å². The third kappa shape index (κ3) is 2.91. The van der Waals surface area contributed by atoms with E-state index in [9.17, 15) is 19.2 Å². The van der Waals surface area contributed by atoms with E-state index < -0.39 is 46.2 Å². The van der Waals surface area contributed by atoms with Crippen molar-refractivity contribution in [2.75, 3.05) is 6.61 Å². The quantitative estimate of drug-likeness (QED) is 0.362. The first-order valence-corrected chi connectivity index (χ1v) is 10.9. The minimum absolute atomic E-state index is 0.104. The number of ketones is 1. The molecule has 2 saturated heterocycles. The molecule has 0 aromatic rings. The molecule has 1 spiro atoms. The molecule has 7 atom stereocenters. The van der Waals surface area contributed by atoms with Gasteiger partial charge >= 0.3 is 17.9 Å². The Balaban J connectivity index is 1.93. The second kappa shape index (κ2) is 7.01. The highest BCUT2D eigenvalue weighted by molar-refractivity contribution is 6.05. The SMILES string of the molecule is C=C1C(=O)C=C[C@H]2[C@@]1(C)[C@@H](OC(C)=O)[C@H](OC(C)=O)[C@]1(C)O[C@]3(CC[C@]21C)COC(=O)C3. The summed E-state index contributed by atoms with van der Waals surface area (Å²) in [7, 11) is 0. The van der Waals surface area contributed by atoms with E-state index in [1.165, 1.54) is 19.9 Å². The fourth-order valence-corrected chi connectivity index (χ4v) is 6.48. The summed E-state index contributed by atoms with van der Waals surface area (Å²) in [4.78, 5) is 49.1. The number of carbonyl (C=O) groups excluding carboxylic acids is 4. The summed E-state index contributed by atoms with van der Waals surface area (Å²) in [5.74, 6) is -2.02. The third-order valence-corrected chi connectivity index (χ3v) is 8.34. The van der Waals surface area contributed by atoms with Gasteiger partial charge in [-0.2, -0.15) is 0 Å². The van der Waals surface area contributed by atoms with E-state index in [1.807, 2.05) is 26.8 Å². The molecule has 3 fully saturated rings. The van der Waals surface area contributed by atoms with Gasteiger partial charge in [-0.1, -0.05) is 26.5 Å². The smallest absolute Gasteiger partial charge is 0.308 e. The standard InChI is InChI=1S/C24H30O8/c1-13-16(27)7-8-17-21(4)9-10-24(11-18(28)29-12-24)32-23(21,6)20(31-15(3)26)19(22(13,17)5)30-14(2)25/h7-8,17,19-20H,1,9-12H2,2-6H3/t17-,19+,20+,21-,22+,23+,24+/m1/s1. The zero-order chi connectivity index (χ0) is 23.7. The number of allylic oxidation sites excluding steroid dienone is 2. The molecule has 4 aliphatic rings. The van der Waals surface area contributed by atoms with Crippen LogP contribution < -0.4 is 0 Å². The molecule has 2 aliphatic heterocycles. The van der Waals surface area contributed by atoms with Gasteiger partial charge < -0.3 is 18.9 Å². The van der Waals surface area contributed by atoms with E-state index >= 15 is 0 Å². The van der Waals surface area contributed by atoms with Gasteiger partial charge in [-0.3, -0.25) is 19.2 Å². The summed E-state index contributed by atoms with van der Waals surface area (Å²) < 4.78 is 23.6. The van der Waals surface area contributed by atoms with Crippen LogP contribution in [0.4, 0.5) is 0 Å². The largest absolute Gasteiger partial charge is 0.463 e. The Morgan fingerprint density at radius 3 is 2.25 bits per heavy atom. The minimum atomic E-state index is -1.14. The number of rotatable bonds is 2. The van der Waals surface area contributed by atoms with Crippen molar-refractivity contribution in [1.29, 1.82) is 0 Å². The van der Waals surface area contributed by atoms with Gasteiger partial charge in [0.15, 0.2) is 18.0 Å². The van der Waals surface area contributed by atoms with Crippen molar-refractivity contribution in [2.45, 2.75) is 77.3 Å². The molecular formula is C24H30O8. The predicted molar refractivity (Wildman–Crippen MR) is 111 cm³/mol. The predicted octanol–water partition coefficient (Wildman–Crippen LogP) is 2.44. The fourth-order valence-electron chi connectivity index (χ4n) is 6.48. The molecule has 174 valence electrons. The lowest BCUT2D eigenvalue weighted by Gasteiger charge is -2.68. The molecule has 32 heavy (non-hydrogen) atoms. The van der Waals surface area contributed by atoms with Crippen LogP contribution >= 0.6 is 0 Å². The van der Waals surface area contributed by atoms with E-state index in [0.717, 1.165) is 0 Å². The summed E-state index contributed by atoms with van der Waals surface area (Å²) in [6.07, 6.45) is 2.60.